The largest absolute Gasteiger partial charge is 0.412 e. The minimum atomic E-state index is 0. The first-order valence-electron chi connectivity index (χ1n) is 0. The second kappa shape index (κ2) is 40.9. The van der Waals surface area contributed by atoms with Crippen LogP contribution >= 0.6 is 37.2 Å². The summed E-state index contributed by atoms with van der Waals surface area (Å²) in [6, 6.07) is 0. The summed E-state index contributed by atoms with van der Waals surface area (Å²) in [5.74, 6) is 0. The summed E-state index contributed by atoms with van der Waals surface area (Å²) in [7, 11) is 0. The smallest absolute Gasteiger partial charge is 0 e. The molecule has 0 spiro atoms. The average Bonchev–Trinajstić information content (AvgIpc) is 0. The summed E-state index contributed by atoms with van der Waals surface area (Å²) in [6.07, 6.45) is 0. The van der Waals surface area contributed by atoms with E-state index in [9.17, 15) is 0 Å². The molecule has 5 heavy (non-hydrogen) atoms. The van der Waals surface area contributed by atoms with Gasteiger partial charge in [-0.05, 0) is 0 Å². The van der Waals surface area contributed by atoms with Crippen LogP contribution in [0.2, 0.25) is 0 Å². The summed E-state index contributed by atoms with van der Waals surface area (Å²) in [6.45, 7) is 0. The summed E-state index contributed by atoms with van der Waals surface area (Å²) in [5, 5.41) is 0. The molecule has 1 nitrogen and oxygen atoms in total. The van der Waals surface area contributed by atoms with Crippen LogP contribution in [0.3, 0.4) is 0 Å². The van der Waals surface area contributed by atoms with Crippen molar-refractivity contribution in [2.45, 2.75) is 0 Å². The van der Waals surface area contributed by atoms with E-state index in [-0.39, 0.29) is 71.9 Å². The molecule has 0 unspecified atom stereocenters. The molecule has 0 aromatic rings. The molecule has 0 saturated heterocycles. The maximum absolute atomic E-state index is 0. The first kappa shape index (κ1) is 69.9. The quantitative estimate of drug-likeness (QED) is 0.592. The van der Waals surface area contributed by atoms with Gasteiger partial charge in [0.2, 0.25) is 0 Å². The van der Waals surface area contributed by atoms with Crippen molar-refractivity contribution < 1.29 is 34.7 Å². The Hall–Kier alpha value is 1.82. The Bertz CT molecular complexity index is 6.85. The normalized spacial score (nSPS) is 0. The van der Waals surface area contributed by atoms with E-state index in [1.54, 1.807) is 0 Å². The van der Waals surface area contributed by atoms with Crippen LogP contribution in [0.25, 0.3) is 0 Å². The van der Waals surface area contributed by atoms with Gasteiger partial charge in [-0.25, -0.2) is 0 Å². The van der Waals surface area contributed by atoms with Crippen molar-refractivity contribution in [3.05, 3.63) is 0 Å². The van der Waals surface area contributed by atoms with Gasteiger partial charge in [0.05, 0.1) is 0 Å². The monoisotopic (exact) mass is 364 g/mol. The van der Waals surface area contributed by atoms with E-state index >= 15 is 0 Å². The van der Waals surface area contributed by atoms with Gasteiger partial charge in [-0.2, -0.15) is 0 Å². The number of hydrogen-bond donors (Lipinski definition) is 0. The number of halogens is 3. The van der Waals surface area contributed by atoms with Crippen LogP contribution in [0.5, 0.6) is 0 Å². The standard InChI is InChI=1S/3ClH.H2O.Pu/h3*1H;1H2;. The SMILES string of the molecule is Cl.Cl.Cl.O.[Pu]. The van der Waals surface area contributed by atoms with Crippen molar-refractivity contribution >= 4 is 37.2 Å². The van der Waals surface area contributed by atoms with Gasteiger partial charge in [0.25, 0.3) is 0 Å². The van der Waals surface area contributed by atoms with E-state index in [1.807, 2.05) is 0 Å². The molecule has 2 N–H and O–H groups in total. The fourth-order valence-electron chi connectivity index (χ4n) is 0. The molecule has 38 valence electrons. The summed E-state index contributed by atoms with van der Waals surface area (Å²) < 4.78 is 0. The Labute approximate surface area is 71.4 Å². The Morgan fingerprint density at radius 2 is 0.600 bits per heavy atom. The van der Waals surface area contributed by atoms with Gasteiger partial charge < -0.3 is 5.48 Å². The Balaban J connectivity index is 0. The molecule has 0 atom stereocenters. The molecular formula is H5Cl3OPu. The van der Waals surface area contributed by atoms with Gasteiger partial charge in [0, 0.05) is 29.2 Å². The van der Waals surface area contributed by atoms with Crippen LogP contribution in [0.4, 0.5) is 0 Å². The third kappa shape index (κ3) is 25.7. The Morgan fingerprint density at radius 1 is 0.600 bits per heavy atom. The van der Waals surface area contributed by atoms with Crippen molar-refractivity contribution in [2.75, 3.05) is 0 Å². The number of rotatable bonds is 0. The predicted molar refractivity (Wildman–Crippen MR) is 25.4 cm³/mol. The summed E-state index contributed by atoms with van der Waals surface area (Å²) in [4.78, 5) is 0. The molecule has 0 heterocycles. The van der Waals surface area contributed by atoms with E-state index in [2.05, 4.69) is 0 Å². The minimum absolute atomic E-state index is 0. The minimum Gasteiger partial charge on any atom is -0.412 e. The van der Waals surface area contributed by atoms with Crippen molar-refractivity contribution in [3.8, 4) is 0 Å². The van der Waals surface area contributed by atoms with Crippen LogP contribution in [-0.2, 0) is 0 Å². The third-order valence-corrected chi connectivity index (χ3v) is 0. The van der Waals surface area contributed by atoms with Gasteiger partial charge in [-0.15, -0.1) is 37.2 Å². The molecule has 5 heteroatoms. The van der Waals surface area contributed by atoms with E-state index in [0.29, 0.717) is 0 Å². The zero-order chi connectivity index (χ0) is 0. The maximum Gasteiger partial charge on any atom is 0 e. The van der Waals surface area contributed by atoms with Crippen molar-refractivity contribution in [3.63, 3.8) is 0 Å². The molecule has 0 aromatic heterocycles. The van der Waals surface area contributed by atoms with Gasteiger partial charge in [0.15, 0.2) is 0 Å². The van der Waals surface area contributed by atoms with Crippen molar-refractivity contribution in [1.82, 2.24) is 0 Å². The maximum atomic E-state index is 0. The van der Waals surface area contributed by atoms with Crippen LogP contribution < -0.4 is 0 Å². The molecule has 0 bridgehead atoms. The van der Waals surface area contributed by atoms with E-state index in [0.717, 1.165) is 0 Å². The molecule has 0 fully saturated rings. The van der Waals surface area contributed by atoms with Crippen molar-refractivity contribution in [2.24, 2.45) is 0 Å². The fraction of sp³-hybridized carbons (Fsp3) is 0. The second-order valence-electron chi connectivity index (χ2n) is 0. The van der Waals surface area contributed by atoms with E-state index in [1.165, 1.54) is 0 Å². The first-order chi connectivity index (χ1) is 0. The molecule has 0 rings (SSSR count). The molecule has 0 saturated carbocycles. The predicted octanol–water partition coefficient (Wildman–Crippen LogP) is 0.441. The molecular weight excluding hydrogens is 366 g/mol. The van der Waals surface area contributed by atoms with E-state index < -0.39 is 0 Å². The van der Waals surface area contributed by atoms with Crippen LogP contribution in [0, 0.1) is 29.2 Å². The van der Waals surface area contributed by atoms with Crippen LogP contribution in [-0.4, -0.2) is 5.48 Å². The van der Waals surface area contributed by atoms with Gasteiger partial charge >= 0.3 is 0 Å². The van der Waals surface area contributed by atoms with Crippen molar-refractivity contribution in [1.29, 1.82) is 0 Å². The third-order valence-electron chi connectivity index (χ3n) is 0. The molecule has 0 aromatic carbocycles. The van der Waals surface area contributed by atoms with Gasteiger partial charge in [0.1, 0.15) is 0 Å². The van der Waals surface area contributed by atoms with Gasteiger partial charge in [-0.3, -0.25) is 0 Å². The summed E-state index contributed by atoms with van der Waals surface area (Å²) >= 11 is 0. The second-order valence-corrected chi connectivity index (χ2v) is 0. The Morgan fingerprint density at radius 3 is 0.600 bits per heavy atom. The topological polar surface area (TPSA) is 31.5 Å². The molecule has 0 aliphatic rings. The number of hydrogen-bond acceptors (Lipinski definition) is 0. The van der Waals surface area contributed by atoms with Gasteiger partial charge in [-0.1, -0.05) is 0 Å². The zero-order valence-corrected chi connectivity index (χ0v) is 7.98. The molecule has 0 aliphatic heterocycles. The molecule has 0 radical (unpaired) electrons. The zero-order valence-electron chi connectivity index (χ0n) is 2.13. The first-order valence-corrected chi connectivity index (χ1v) is 0. The van der Waals surface area contributed by atoms with E-state index in [4.69, 9.17) is 0 Å². The van der Waals surface area contributed by atoms with Crippen LogP contribution in [0.1, 0.15) is 0 Å². The Kier molecular flexibility index (Phi) is 571. The average molecular weight is 371 g/mol. The molecule has 0 aliphatic carbocycles. The van der Waals surface area contributed by atoms with Crippen LogP contribution in [0.15, 0.2) is 0 Å². The molecule has 0 amide bonds. The fourth-order valence-corrected chi connectivity index (χ4v) is 0. The summed E-state index contributed by atoms with van der Waals surface area (Å²) in [5.41, 5.74) is 0.